The fourth-order valence-corrected chi connectivity index (χ4v) is 1.36. The Kier molecular flexibility index (Phi) is 2.87. The van der Waals surface area contributed by atoms with E-state index in [4.69, 9.17) is 5.11 Å². The van der Waals surface area contributed by atoms with Gasteiger partial charge in [-0.3, -0.25) is 0 Å². The first-order valence-electron chi connectivity index (χ1n) is 4.26. The van der Waals surface area contributed by atoms with Gasteiger partial charge < -0.3 is 15.7 Å². The van der Waals surface area contributed by atoms with Crippen LogP contribution in [-0.4, -0.2) is 36.4 Å². The summed E-state index contributed by atoms with van der Waals surface area (Å²) in [6, 6.07) is 0. The van der Waals surface area contributed by atoms with Gasteiger partial charge in [0, 0.05) is 18.6 Å². The molecule has 1 saturated heterocycles. The number of hydrogen-bond acceptors (Lipinski definition) is 3. The minimum Gasteiger partial charge on any atom is -0.392 e. The molecule has 3 N–H and O–H groups in total. The average Bonchev–Trinajstić information content (AvgIpc) is 2.33. The molecule has 0 spiro atoms. The number of rotatable bonds is 3. The molecule has 0 saturated carbocycles. The zero-order valence-corrected chi connectivity index (χ0v) is 7.35. The van der Waals surface area contributed by atoms with Crippen molar-refractivity contribution in [3.05, 3.63) is 0 Å². The summed E-state index contributed by atoms with van der Waals surface area (Å²) in [6.45, 7) is 6.79. The van der Waals surface area contributed by atoms with E-state index in [-0.39, 0.29) is 11.6 Å². The Bertz CT molecular complexity index is 119. The van der Waals surface area contributed by atoms with Crippen LogP contribution in [0.5, 0.6) is 0 Å². The molecule has 3 heteroatoms. The summed E-state index contributed by atoms with van der Waals surface area (Å²) in [6.07, 6.45) is 0.909. The first-order chi connectivity index (χ1) is 5.12. The van der Waals surface area contributed by atoms with Crippen molar-refractivity contribution in [2.75, 3.05) is 19.6 Å². The van der Waals surface area contributed by atoms with Crippen molar-refractivity contribution >= 4 is 0 Å². The molecule has 1 heterocycles. The maximum Gasteiger partial charge on any atom is 0.0636 e. The number of aliphatic hydroxyl groups is 1. The predicted molar refractivity (Wildman–Crippen MR) is 45.6 cm³/mol. The molecule has 1 unspecified atom stereocenters. The van der Waals surface area contributed by atoms with Crippen LogP contribution in [0.15, 0.2) is 0 Å². The van der Waals surface area contributed by atoms with Gasteiger partial charge in [-0.15, -0.1) is 0 Å². The third-order valence-corrected chi connectivity index (χ3v) is 2.19. The summed E-state index contributed by atoms with van der Waals surface area (Å²) in [7, 11) is 0. The molecule has 0 aromatic rings. The third-order valence-electron chi connectivity index (χ3n) is 2.19. The van der Waals surface area contributed by atoms with Crippen molar-refractivity contribution in [1.82, 2.24) is 10.6 Å². The molecule has 1 aliphatic heterocycles. The van der Waals surface area contributed by atoms with E-state index in [0.717, 1.165) is 19.5 Å². The third kappa shape index (κ3) is 2.77. The molecule has 3 nitrogen and oxygen atoms in total. The first-order valence-corrected chi connectivity index (χ1v) is 4.26. The largest absolute Gasteiger partial charge is 0.392 e. The summed E-state index contributed by atoms with van der Waals surface area (Å²) < 4.78 is 0. The molecule has 1 fully saturated rings. The smallest absolute Gasteiger partial charge is 0.0636 e. The van der Waals surface area contributed by atoms with Gasteiger partial charge in [0.2, 0.25) is 0 Å². The summed E-state index contributed by atoms with van der Waals surface area (Å²) in [5, 5.41) is 15.7. The van der Waals surface area contributed by atoms with Gasteiger partial charge in [-0.25, -0.2) is 0 Å². The Morgan fingerprint density at radius 3 is 2.91 bits per heavy atom. The summed E-state index contributed by atoms with van der Waals surface area (Å²) in [5.74, 6) is 0. The van der Waals surface area contributed by atoms with Crippen LogP contribution in [0, 0.1) is 0 Å². The first kappa shape index (κ1) is 8.97. The topological polar surface area (TPSA) is 44.3 Å². The normalized spacial score (nSPS) is 34.1. The minimum absolute atomic E-state index is 0.205. The van der Waals surface area contributed by atoms with Gasteiger partial charge in [-0.2, -0.15) is 0 Å². The van der Waals surface area contributed by atoms with Gasteiger partial charge in [0.05, 0.1) is 6.10 Å². The molecule has 11 heavy (non-hydrogen) atoms. The summed E-state index contributed by atoms with van der Waals surface area (Å²) in [4.78, 5) is 0. The van der Waals surface area contributed by atoms with Crippen LogP contribution in [0.1, 0.15) is 20.3 Å². The van der Waals surface area contributed by atoms with Crippen molar-refractivity contribution in [3.8, 4) is 0 Å². The number of hydrogen-bond donors (Lipinski definition) is 3. The van der Waals surface area contributed by atoms with E-state index >= 15 is 0 Å². The van der Waals surface area contributed by atoms with Crippen molar-refractivity contribution in [2.45, 2.75) is 31.9 Å². The van der Waals surface area contributed by atoms with Crippen molar-refractivity contribution in [2.24, 2.45) is 0 Å². The zero-order valence-electron chi connectivity index (χ0n) is 7.35. The Morgan fingerprint density at radius 2 is 2.45 bits per heavy atom. The highest BCUT2D eigenvalue weighted by Crippen LogP contribution is 2.12. The van der Waals surface area contributed by atoms with Crippen LogP contribution >= 0.6 is 0 Å². The van der Waals surface area contributed by atoms with Gasteiger partial charge in [0.15, 0.2) is 0 Å². The van der Waals surface area contributed by atoms with Gasteiger partial charge in [0.1, 0.15) is 0 Å². The highest BCUT2D eigenvalue weighted by atomic mass is 16.3. The van der Waals surface area contributed by atoms with Crippen molar-refractivity contribution < 1.29 is 5.11 Å². The number of aliphatic hydroxyl groups excluding tert-OH is 1. The highest BCUT2D eigenvalue weighted by molar-refractivity contribution is 4.91. The fraction of sp³-hybridized carbons (Fsp3) is 1.00. The molecule has 0 aromatic heterocycles. The molecular weight excluding hydrogens is 140 g/mol. The zero-order chi connectivity index (χ0) is 8.32. The average molecular weight is 158 g/mol. The van der Waals surface area contributed by atoms with Crippen molar-refractivity contribution in [3.63, 3.8) is 0 Å². The summed E-state index contributed by atoms with van der Waals surface area (Å²) >= 11 is 0. The highest BCUT2D eigenvalue weighted by Gasteiger charge is 2.27. The van der Waals surface area contributed by atoms with E-state index in [1.165, 1.54) is 0 Å². The molecule has 0 amide bonds. The maximum absolute atomic E-state index is 9.04. The second-order valence-corrected chi connectivity index (χ2v) is 3.72. The van der Waals surface area contributed by atoms with Gasteiger partial charge in [-0.05, 0) is 26.8 Å². The lowest BCUT2D eigenvalue weighted by Crippen LogP contribution is -2.46. The van der Waals surface area contributed by atoms with Crippen LogP contribution < -0.4 is 10.6 Å². The molecular formula is C8H18N2O. The molecule has 0 radical (unpaired) electrons. The van der Waals surface area contributed by atoms with E-state index in [9.17, 15) is 0 Å². The Labute approximate surface area is 68.2 Å². The van der Waals surface area contributed by atoms with Crippen LogP contribution in [0.25, 0.3) is 0 Å². The fourth-order valence-electron chi connectivity index (χ4n) is 1.36. The van der Waals surface area contributed by atoms with E-state index in [2.05, 4.69) is 17.6 Å². The number of β-amino-alcohol motifs (C(OH)–C–C–N with tert-alkyl or cyclic N) is 1. The lowest BCUT2D eigenvalue weighted by molar-refractivity contribution is 0.176. The lowest BCUT2D eigenvalue weighted by Gasteiger charge is -2.25. The standard InChI is InChI=1S/C8H18N2O/c1-7(11)5-10-8(2)3-4-9-6-8/h7,9-11H,3-6H2,1-2H3/t7-,8?/m0/s1. The maximum atomic E-state index is 9.04. The molecule has 0 aromatic carbocycles. The molecule has 2 atom stereocenters. The number of nitrogens with one attached hydrogen (secondary N) is 2. The van der Waals surface area contributed by atoms with Crippen LogP contribution in [0.2, 0.25) is 0 Å². The quantitative estimate of drug-likeness (QED) is 0.529. The molecule has 1 aliphatic rings. The van der Waals surface area contributed by atoms with Gasteiger partial charge in [0.25, 0.3) is 0 Å². The Morgan fingerprint density at radius 1 is 1.73 bits per heavy atom. The second-order valence-electron chi connectivity index (χ2n) is 3.72. The van der Waals surface area contributed by atoms with E-state index in [0.29, 0.717) is 6.54 Å². The van der Waals surface area contributed by atoms with Crippen LogP contribution in [0.4, 0.5) is 0 Å². The predicted octanol–water partition coefficient (Wildman–Crippen LogP) is -0.291. The van der Waals surface area contributed by atoms with E-state index < -0.39 is 0 Å². The van der Waals surface area contributed by atoms with Gasteiger partial charge >= 0.3 is 0 Å². The summed E-state index contributed by atoms with van der Waals surface area (Å²) in [5.41, 5.74) is 0.205. The molecule has 0 bridgehead atoms. The molecule has 1 rings (SSSR count). The molecule has 0 aliphatic carbocycles. The minimum atomic E-state index is -0.243. The van der Waals surface area contributed by atoms with E-state index in [1.54, 1.807) is 6.92 Å². The van der Waals surface area contributed by atoms with E-state index in [1.807, 2.05) is 0 Å². The SMILES string of the molecule is C[C@H](O)CNC1(C)CCNC1. The van der Waals surface area contributed by atoms with Crippen LogP contribution in [0.3, 0.4) is 0 Å². The van der Waals surface area contributed by atoms with Crippen LogP contribution in [-0.2, 0) is 0 Å². The van der Waals surface area contributed by atoms with Gasteiger partial charge in [-0.1, -0.05) is 0 Å². The Balaban J connectivity index is 2.23. The van der Waals surface area contributed by atoms with Crippen molar-refractivity contribution in [1.29, 1.82) is 0 Å². The second kappa shape index (κ2) is 3.52. The molecule has 66 valence electrons. The monoisotopic (exact) mass is 158 g/mol. The lowest BCUT2D eigenvalue weighted by atomic mass is 10.0. The Hall–Kier alpha value is -0.120.